The van der Waals surface area contributed by atoms with Crippen LogP contribution in [0.1, 0.15) is 46.5 Å². The lowest BCUT2D eigenvalue weighted by atomic mass is 9.43. The Morgan fingerprint density at radius 1 is 1.39 bits per heavy atom. The summed E-state index contributed by atoms with van der Waals surface area (Å²) in [6.45, 7) is 7.87. The number of likely N-dealkylation sites (tertiary alicyclic amines) is 1. The molecule has 2 bridgehead atoms. The molecule has 5 rings (SSSR count). The minimum absolute atomic E-state index is 0.0234. The molecule has 0 radical (unpaired) electrons. The van der Waals surface area contributed by atoms with Gasteiger partial charge in [-0.25, -0.2) is 4.84 Å². The first-order chi connectivity index (χ1) is 10.9. The summed E-state index contributed by atoms with van der Waals surface area (Å²) in [7, 11) is -0.290. The zero-order valence-corrected chi connectivity index (χ0v) is 14.9. The topological polar surface area (TPSA) is 50.8 Å². The number of nitrogens with one attached hydrogen (secondary N) is 1. The number of halogens is 1. The highest BCUT2D eigenvalue weighted by Crippen LogP contribution is 2.65. The number of hydrogen-bond acceptors (Lipinski definition) is 4. The summed E-state index contributed by atoms with van der Waals surface area (Å²) in [5, 5.41) is 0. The summed E-state index contributed by atoms with van der Waals surface area (Å²) >= 11 is 5.50. The van der Waals surface area contributed by atoms with Crippen molar-refractivity contribution >= 4 is 24.8 Å². The molecule has 5 aliphatic rings. The maximum absolute atomic E-state index is 12.3. The van der Waals surface area contributed by atoms with Gasteiger partial charge < -0.3 is 14.2 Å². The molecule has 2 saturated heterocycles. The van der Waals surface area contributed by atoms with E-state index in [2.05, 4.69) is 25.6 Å². The third kappa shape index (κ3) is 2.21. The summed E-state index contributed by atoms with van der Waals surface area (Å²) in [5.74, 6) is 1.35. The van der Waals surface area contributed by atoms with Crippen molar-refractivity contribution in [2.24, 2.45) is 17.3 Å². The minimum Gasteiger partial charge on any atom is -0.404 e. The number of amides is 1. The zero-order valence-electron chi connectivity index (χ0n) is 14.2. The van der Waals surface area contributed by atoms with Gasteiger partial charge in [-0.2, -0.15) is 0 Å². The maximum atomic E-state index is 12.3. The van der Waals surface area contributed by atoms with Crippen LogP contribution in [0.5, 0.6) is 0 Å². The van der Waals surface area contributed by atoms with Crippen molar-refractivity contribution in [1.82, 2.24) is 9.74 Å². The average Bonchev–Trinajstić information content (AvgIpc) is 3.09. The normalized spacial score (nSPS) is 44.2. The standard InChI is InChI=1S/C16H26BClN2O3/c1-15(2)10-7-11(15)16(3)12(8-10)22-17(23-16)13-5-4-6-20(13)14(21)9-19-18/h10-13,19H,4-9H2,1-3H3/t10-,11?,12?,13?,16-/m0/s1. The van der Waals surface area contributed by atoms with Gasteiger partial charge in [0.2, 0.25) is 5.91 Å². The molecule has 0 spiro atoms. The van der Waals surface area contributed by atoms with Gasteiger partial charge in [0, 0.05) is 6.54 Å². The van der Waals surface area contributed by atoms with Crippen molar-refractivity contribution in [2.45, 2.75) is 64.1 Å². The molecule has 7 heteroatoms. The van der Waals surface area contributed by atoms with Crippen LogP contribution in [0.3, 0.4) is 0 Å². The van der Waals surface area contributed by atoms with E-state index in [0.29, 0.717) is 11.3 Å². The molecular weight excluding hydrogens is 314 g/mol. The van der Waals surface area contributed by atoms with Crippen molar-refractivity contribution in [3.05, 3.63) is 0 Å². The van der Waals surface area contributed by atoms with Crippen molar-refractivity contribution in [3.8, 4) is 0 Å². The number of carbonyl (C=O) groups is 1. The smallest absolute Gasteiger partial charge is 0.404 e. The van der Waals surface area contributed by atoms with Crippen LogP contribution in [0.15, 0.2) is 0 Å². The first-order valence-corrected chi connectivity index (χ1v) is 9.22. The van der Waals surface area contributed by atoms with Crippen molar-refractivity contribution in [1.29, 1.82) is 0 Å². The Hall–Kier alpha value is -0.295. The lowest BCUT2D eigenvalue weighted by molar-refractivity contribution is -0.199. The summed E-state index contributed by atoms with van der Waals surface area (Å²) in [6, 6.07) is 0. The van der Waals surface area contributed by atoms with E-state index in [-0.39, 0.29) is 37.2 Å². The Kier molecular flexibility index (Phi) is 3.77. The number of rotatable bonds is 3. The van der Waals surface area contributed by atoms with E-state index in [1.54, 1.807) is 0 Å². The summed E-state index contributed by atoms with van der Waals surface area (Å²) < 4.78 is 12.8. The van der Waals surface area contributed by atoms with Crippen LogP contribution >= 0.6 is 11.8 Å². The van der Waals surface area contributed by atoms with Crippen molar-refractivity contribution in [3.63, 3.8) is 0 Å². The maximum Gasteiger partial charge on any atom is 0.481 e. The largest absolute Gasteiger partial charge is 0.481 e. The molecule has 3 aliphatic carbocycles. The van der Waals surface area contributed by atoms with Gasteiger partial charge in [-0.3, -0.25) is 4.79 Å². The Balaban J connectivity index is 1.51. The number of hydrogen-bond donors (Lipinski definition) is 1. The molecule has 2 aliphatic heterocycles. The molecule has 5 nitrogen and oxygen atoms in total. The summed E-state index contributed by atoms with van der Waals surface area (Å²) in [6.07, 6.45) is 4.45. The van der Waals surface area contributed by atoms with E-state index in [1.807, 2.05) is 4.90 Å². The van der Waals surface area contributed by atoms with Crippen LogP contribution < -0.4 is 4.84 Å². The fourth-order valence-electron chi connectivity index (χ4n) is 5.61. The lowest BCUT2D eigenvalue weighted by Crippen LogP contribution is -2.65. The Bertz CT molecular complexity index is 520. The molecular formula is C16H26BClN2O3. The van der Waals surface area contributed by atoms with E-state index in [0.717, 1.165) is 31.7 Å². The van der Waals surface area contributed by atoms with E-state index in [4.69, 9.17) is 21.1 Å². The molecule has 0 aromatic rings. The van der Waals surface area contributed by atoms with Crippen molar-refractivity contribution < 1.29 is 14.1 Å². The lowest BCUT2D eigenvalue weighted by Gasteiger charge is -2.64. The van der Waals surface area contributed by atoms with E-state index in [9.17, 15) is 4.79 Å². The fourth-order valence-corrected chi connectivity index (χ4v) is 5.72. The van der Waals surface area contributed by atoms with Crippen LogP contribution in [0.2, 0.25) is 0 Å². The minimum atomic E-state index is -0.290. The van der Waals surface area contributed by atoms with Crippen LogP contribution in [0.25, 0.3) is 0 Å². The highest BCUT2D eigenvalue weighted by atomic mass is 35.5. The highest BCUT2D eigenvalue weighted by molar-refractivity contribution is 6.48. The predicted octanol–water partition coefficient (Wildman–Crippen LogP) is 1.99. The fraction of sp³-hybridized carbons (Fsp3) is 0.938. The summed E-state index contributed by atoms with van der Waals surface area (Å²) in [5.41, 5.74) is 0.141. The SMILES string of the molecule is CC1(C)C2C[C@H]1CC1OB(C3CCCN3C(=O)CNCl)O[C@]12C. The van der Waals surface area contributed by atoms with E-state index in [1.165, 1.54) is 6.42 Å². The molecule has 0 aromatic heterocycles. The molecule has 5 atom stereocenters. The van der Waals surface area contributed by atoms with Gasteiger partial charge in [-0.15, -0.1) is 0 Å². The molecule has 1 N–H and O–H groups in total. The number of nitrogens with zero attached hydrogens (tertiary/aromatic N) is 1. The van der Waals surface area contributed by atoms with E-state index >= 15 is 0 Å². The third-order valence-corrected chi connectivity index (χ3v) is 7.25. The van der Waals surface area contributed by atoms with Crippen LogP contribution in [0.4, 0.5) is 0 Å². The van der Waals surface area contributed by atoms with E-state index < -0.39 is 0 Å². The first-order valence-electron chi connectivity index (χ1n) is 8.84. The molecule has 23 heavy (non-hydrogen) atoms. The van der Waals surface area contributed by atoms with Gasteiger partial charge >= 0.3 is 7.12 Å². The van der Waals surface area contributed by atoms with Crippen LogP contribution in [-0.4, -0.2) is 48.7 Å². The Labute approximate surface area is 143 Å². The second kappa shape index (κ2) is 5.35. The molecule has 1 amide bonds. The molecule has 2 heterocycles. The van der Waals surface area contributed by atoms with Crippen LogP contribution in [-0.2, 0) is 14.1 Å². The number of carbonyl (C=O) groups excluding carboxylic acids is 1. The molecule has 3 saturated carbocycles. The van der Waals surface area contributed by atoms with Gasteiger partial charge in [0.1, 0.15) is 0 Å². The quantitative estimate of drug-likeness (QED) is 0.630. The monoisotopic (exact) mass is 340 g/mol. The van der Waals surface area contributed by atoms with Crippen molar-refractivity contribution in [2.75, 3.05) is 13.1 Å². The van der Waals surface area contributed by atoms with Gasteiger partial charge in [0.25, 0.3) is 0 Å². The Morgan fingerprint density at radius 3 is 2.87 bits per heavy atom. The predicted molar refractivity (Wildman–Crippen MR) is 88.7 cm³/mol. The van der Waals surface area contributed by atoms with Gasteiger partial charge in [0.15, 0.2) is 0 Å². The molecule has 0 aromatic carbocycles. The second-order valence-corrected chi connectivity index (χ2v) is 8.71. The molecule has 128 valence electrons. The molecule has 3 unspecified atom stereocenters. The second-order valence-electron chi connectivity index (χ2n) is 8.44. The van der Waals surface area contributed by atoms with Crippen LogP contribution in [0, 0.1) is 17.3 Å². The van der Waals surface area contributed by atoms with Gasteiger partial charge in [-0.05, 0) is 61.6 Å². The first kappa shape index (κ1) is 16.2. The average molecular weight is 341 g/mol. The molecule has 5 fully saturated rings. The van der Waals surface area contributed by atoms with Gasteiger partial charge in [-0.1, -0.05) is 13.8 Å². The Morgan fingerprint density at radius 2 is 2.17 bits per heavy atom. The zero-order chi connectivity index (χ0) is 16.4. The third-order valence-electron chi connectivity index (χ3n) is 7.12. The highest BCUT2D eigenvalue weighted by Gasteiger charge is 2.68. The summed E-state index contributed by atoms with van der Waals surface area (Å²) in [4.78, 5) is 16.6. The van der Waals surface area contributed by atoms with Gasteiger partial charge in [0.05, 0.1) is 24.2 Å².